The summed E-state index contributed by atoms with van der Waals surface area (Å²) in [5.41, 5.74) is 1.22. The molecule has 0 unspecified atom stereocenters. The number of fused-ring (bicyclic) bond motifs is 1. The van der Waals surface area contributed by atoms with E-state index in [1.807, 2.05) is 11.6 Å². The van der Waals surface area contributed by atoms with Crippen LogP contribution in [0.1, 0.15) is 16.5 Å². The molecule has 2 aliphatic rings. The molecular formula is C16H24N6S. The lowest BCUT2D eigenvalue weighted by molar-refractivity contribution is 0.147. The van der Waals surface area contributed by atoms with Crippen molar-refractivity contribution in [2.24, 2.45) is 0 Å². The standard InChI is InChI=1S/C16H24N6S/c1-19-3-5-20(6-4-19)10-14-11-22-8-7-21(12-15(22)18-14)13-16-17-2-9-23-16/h2,9,11H,3-8,10,12-13H2,1H3. The molecule has 0 aromatic carbocycles. The SMILES string of the molecule is CN1CCN(Cc2cn3c(n2)CN(Cc2nccs2)CC3)CC1. The molecule has 0 saturated carbocycles. The maximum atomic E-state index is 4.89. The normalized spacial score (nSPS) is 20.7. The summed E-state index contributed by atoms with van der Waals surface area (Å²) in [7, 11) is 2.20. The fourth-order valence-corrected chi connectivity index (χ4v) is 3.99. The monoisotopic (exact) mass is 332 g/mol. The van der Waals surface area contributed by atoms with Gasteiger partial charge in [-0.05, 0) is 7.05 Å². The van der Waals surface area contributed by atoms with Crippen LogP contribution >= 0.6 is 11.3 Å². The van der Waals surface area contributed by atoms with Crippen molar-refractivity contribution < 1.29 is 0 Å². The zero-order chi connectivity index (χ0) is 15.6. The zero-order valence-corrected chi connectivity index (χ0v) is 14.5. The van der Waals surface area contributed by atoms with Gasteiger partial charge in [-0.3, -0.25) is 9.80 Å². The molecule has 0 N–H and O–H groups in total. The van der Waals surface area contributed by atoms with Crippen molar-refractivity contribution >= 4 is 11.3 Å². The summed E-state index contributed by atoms with van der Waals surface area (Å²) in [6.45, 7) is 9.60. The molecule has 0 atom stereocenters. The number of thiazole rings is 1. The number of aromatic nitrogens is 3. The molecule has 2 aliphatic heterocycles. The van der Waals surface area contributed by atoms with Crippen LogP contribution in [-0.4, -0.2) is 69.0 Å². The number of nitrogens with zero attached hydrogens (tertiary/aromatic N) is 6. The Morgan fingerprint density at radius 1 is 1.04 bits per heavy atom. The van der Waals surface area contributed by atoms with Gasteiger partial charge in [-0.25, -0.2) is 9.97 Å². The second-order valence-electron chi connectivity index (χ2n) is 6.56. The molecule has 23 heavy (non-hydrogen) atoms. The van der Waals surface area contributed by atoms with Crippen LogP contribution in [0.5, 0.6) is 0 Å². The lowest BCUT2D eigenvalue weighted by Gasteiger charge is -2.31. The van der Waals surface area contributed by atoms with Crippen LogP contribution in [0.25, 0.3) is 0 Å². The van der Waals surface area contributed by atoms with Gasteiger partial charge >= 0.3 is 0 Å². The highest BCUT2D eigenvalue weighted by molar-refractivity contribution is 7.09. The first-order valence-electron chi connectivity index (χ1n) is 8.33. The topological polar surface area (TPSA) is 40.4 Å². The molecular weight excluding hydrogens is 308 g/mol. The van der Waals surface area contributed by atoms with Crippen molar-refractivity contribution in [3.8, 4) is 0 Å². The molecule has 124 valence electrons. The quantitative estimate of drug-likeness (QED) is 0.839. The maximum Gasteiger partial charge on any atom is 0.123 e. The van der Waals surface area contributed by atoms with Gasteiger partial charge in [-0.1, -0.05) is 0 Å². The van der Waals surface area contributed by atoms with E-state index < -0.39 is 0 Å². The van der Waals surface area contributed by atoms with E-state index in [9.17, 15) is 0 Å². The van der Waals surface area contributed by atoms with Crippen molar-refractivity contribution in [2.75, 3.05) is 39.8 Å². The fraction of sp³-hybridized carbons (Fsp3) is 0.625. The van der Waals surface area contributed by atoms with Crippen LogP contribution in [0.15, 0.2) is 17.8 Å². The highest BCUT2D eigenvalue weighted by Crippen LogP contribution is 2.17. The largest absolute Gasteiger partial charge is 0.332 e. The number of rotatable bonds is 4. The first-order chi connectivity index (χ1) is 11.3. The Morgan fingerprint density at radius 2 is 1.87 bits per heavy atom. The third kappa shape index (κ3) is 3.63. The Bertz CT molecular complexity index is 629. The van der Waals surface area contributed by atoms with Crippen LogP contribution in [0.3, 0.4) is 0 Å². The van der Waals surface area contributed by atoms with Gasteiger partial charge < -0.3 is 9.47 Å². The van der Waals surface area contributed by atoms with Gasteiger partial charge in [0.2, 0.25) is 0 Å². The van der Waals surface area contributed by atoms with E-state index in [4.69, 9.17) is 4.98 Å². The van der Waals surface area contributed by atoms with Crippen molar-refractivity contribution in [1.82, 2.24) is 29.2 Å². The first-order valence-corrected chi connectivity index (χ1v) is 9.21. The number of hydrogen-bond acceptors (Lipinski definition) is 6. The fourth-order valence-electron chi connectivity index (χ4n) is 3.33. The minimum absolute atomic E-state index is 0.933. The summed E-state index contributed by atoms with van der Waals surface area (Å²) in [6, 6.07) is 0. The molecule has 0 amide bonds. The highest BCUT2D eigenvalue weighted by Gasteiger charge is 2.21. The molecule has 0 bridgehead atoms. The van der Waals surface area contributed by atoms with Gasteiger partial charge in [0.15, 0.2) is 0 Å². The molecule has 2 aromatic rings. The lowest BCUT2D eigenvalue weighted by atomic mass is 10.3. The number of imidazole rings is 1. The summed E-state index contributed by atoms with van der Waals surface area (Å²) in [6.07, 6.45) is 4.15. The van der Waals surface area contributed by atoms with Crippen LogP contribution in [0.4, 0.5) is 0 Å². The maximum absolute atomic E-state index is 4.89. The molecule has 1 saturated heterocycles. The highest BCUT2D eigenvalue weighted by atomic mass is 32.1. The van der Waals surface area contributed by atoms with Crippen molar-refractivity contribution in [3.05, 3.63) is 34.3 Å². The molecule has 0 spiro atoms. The molecule has 0 aliphatic carbocycles. The van der Waals surface area contributed by atoms with Gasteiger partial charge in [-0.2, -0.15) is 0 Å². The van der Waals surface area contributed by atoms with E-state index in [-0.39, 0.29) is 0 Å². The van der Waals surface area contributed by atoms with Crippen LogP contribution in [0, 0.1) is 0 Å². The Balaban J connectivity index is 1.37. The first kappa shape index (κ1) is 15.3. The van der Waals surface area contributed by atoms with Crippen LogP contribution in [0.2, 0.25) is 0 Å². The third-order valence-electron chi connectivity index (χ3n) is 4.76. The Hall–Kier alpha value is -1.28. The zero-order valence-electron chi connectivity index (χ0n) is 13.7. The van der Waals surface area contributed by atoms with Crippen LogP contribution < -0.4 is 0 Å². The molecule has 0 radical (unpaired) electrons. The van der Waals surface area contributed by atoms with Gasteiger partial charge in [0.1, 0.15) is 10.8 Å². The van der Waals surface area contributed by atoms with E-state index in [1.165, 1.54) is 16.5 Å². The number of piperazine rings is 1. The van der Waals surface area contributed by atoms with Crippen molar-refractivity contribution in [1.29, 1.82) is 0 Å². The van der Waals surface area contributed by atoms with Crippen LogP contribution in [-0.2, 0) is 26.2 Å². The molecule has 2 aromatic heterocycles. The molecule has 1 fully saturated rings. The van der Waals surface area contributed by atoms with Gasteiger partial charge in [0, 0.05) is 63.6 Å². The van der Waals surface area contributed by atoms with Gasteiger partial charge in [-0.15, -0.1) is 11.3 Å². The lowest BCUT2D eigenvalue weighted by Crippen LogP contribution is -2.43. The average Bonchev–Trinajstić information content (AvgIpc) is 3.18. The van der Waals surface area contributed by atoms with E-state index in [0.717, 1.165) is 58.9 Å². The summed E-state index contributed by atoms with van der Waals surface area (Å²) in [5.74, 6) is 1.21. The summed E-state index contributed by atoms with van der Waals surface area (Å²) in [4.78, 5) is 16.6. The summed E-state index contributed by atoms with van der Waals surface area (Å²) < 4.78 is 2.34. The minimum atomic E-state index is 0.933. The predicted octanol–water partition coefficient (Wildman–Crippen LogP) is 1.10. The minimum Gasteiger partial charge on any atom is -0.332 e. The Kier molecular flexibility index (Phi) is 4.43. The Morgan fingerprint density at radius 3 is 2.65 bits per heavy atom. The summed E-state index contributed by atoms with van der Waals surface area (Å²) in [5, 5.41) is 3.25. The summed E-state index contributed by atoms with van der Waals surface area (Å²) >= 11 is 1.74. The van der Waals surface area contributed by atoms with Crippen molar-refractivity contribution in [3.63, 3.8) is 0 Å². The molecule has 4 rings (SSSR count). The second kappa shape index (κ2) is 6.68. The number of hydrogen-bond donors (Lipinski definition) is 0. The second-order valence-corrected chi connectivity index (χ2v) is 7.54. The van der Waals surface area contributed by atoms with Crippen molar-refractivity contribution in [2.45, 2.75) is 26.2 Å². The Labute approximate surface area is 141 Å². The molecule has 4 heterocycles. The number of likely N-dealkylation sites (N-methyl/N-ethyl adjacent to an activating group) is 1. The van der Waals surface area contributed by atoms with E-state index in [0.29, 0.717) is 0 Å². The average molecular weight is 332 g/mol. The third-order valence-corrected chi connectivity index (χ3v) is 5.52. The smallest absolute Gasteiger partial charge is 0.123 e. The van der Waals surface area contributed by atoms with E-state index in [1.54, 1.807) is 11.3 Å². The predicted molar refractivity (Wildman–Crippen MR) is 91.2 cm³/mol. The van der Waals surface area contributed by atoms with E-state index in [2.05, 4.69) is 37.5 Å². The van der Waals surface area contributed by atoms with Gasteiger partial charge in [0.05, 0.1) is 18.8 Å². The van der Waals surface area contributed by atoms with Gasteiger partial charge in [0.25, 0.3) is 0 Å². The molecule has 6 nitrogen and oxygen atoms in total. The van der Waals surface area contributed by atoms with E-state index >= 15 is 0 Å². The molecule has 7 heteroatoms.